The summed E-state index contributed by atoms with van der Waals surface area (Å²) in [5, 5.41) is 6.63. The molecule has 0 spiro atoms. The van der Waals surface area contributed by atoms with Crippen LogP contribution in [0.15, 0.2) is 0 Å². The van der Waals surface area contributed by atoms with Crippen molar-refractivity contribution in [3.63, 3.8) is 0 Å². The third-order valence-corrected chi connectivity index (χ3v) is 4.51. The molecular weight excluding hydrogens is 224 g/mol. The summed E-state index contributed by atoms with van der Waals surface area (Å²) in [4.78, 5) is 11.2. The Bertz CT molecular complexity index is 267. The van der Waals surface area contributed by atoms with Crippen LogP contribution in [0.5, 0.6) is 0 Å². The number of carbonyl (C=O) groups excluding carboxylic acids is 1. The lowest BCUT2D eigenvalue weighted by molar-refractivity contribution is -0.119. The van der Waals surface area contributed by atoms with Crippen molar-refractivity contribution in [3.8, 4) is 0 Å². The van der Waals surface area contributed by atoms with E-state index in [1.165, 1.54) is 51.4 Å². The van der Waals surface area contributed by atoms with Gasteiger partial charge in [0.25, 0.3) is 0 Å². The molecule has 1 aliphatic heterocycles. The molecule has 1 saturated heterocycles. The van der Waals surface area contributed by atoms with Gasteiger partial charge in [-0.1, -0.05) is 39.0 Å². The van der Waals surface area contributed by atoms with E-state index < -0.39 is 0 Å². The van der Waals surface area contributed by atoms with Crippen LogP contribution in [0.3, 0.4) is 0 Å². The Morgan fingerprint density at radius 2 is 2.17 bits per heavy atom. The summed E-state index contributed by atoms with van der Waals surface area (Å²) in [5.74, 6) is 1.07. The van der Waals surface area contributed by atoms with E-state index in [0.29, 0.717) is 18.5 Å². The summed E-state index contributed by atoms with van der Waals surface area (Å²) in [6, 6.07) is 1.06. The fraction of sp³-hybridized carbons (Fsp3) is 0.933. The summed E-state index contributed by atoms with van der Waals surface area (Å²) in [7, 11) is 0. The van der Waals surface area contributed by atoms with Crippen LogP contribution >= 0.6 is 0 Å². The highest BCUT2D eigenvalue weighted by molar-refractivity contribution is 5.78. The number of nitrogens with one attached hydrogen (secondary N) is 2. The SMILES string of the molecule is CCCCCC[C@@H]1CCC[C@@H]1N[C@@H]1CNC(=O)C1. The van der Waals surface area contributed by atoms with Crippen molar-refractivity contribution < 1.29 is 4.79 Å². The van der Waals surface area contributed by atoms with E-state index in [1.54, 1.807) is 0 Å². The topological polar surface area (TPSA) is 41.1 Å². The molecule has 0 radical (unpaired) electrons. The van der Waals surface area contributed by atoms with Crippen LogP contribution < -0.4 is 10.6 Å². The zero-order valence-electron chi connectivity index (χ0n) is 11.7. The average Bonchev–Trinajstić information content (AvgIpc) is 2.95. The monoisotopic (exact) mass is 252 g/mol. The Morgan fingerprint density at radius 3 is 2.89 bits per heavy atom. The molecule has 18 heavy (non-hydrogen) atoms. The second-order valence-corrected chi connectivity index (χ2v) is 6.02. The highest BCUT2D eigenvalue weighted by Gasteiger charge is 2.30. The zero-order chi connectivity index (χ0) is 12.8. The van der Waals surface area contributed by atoms with Crippen LogP contribution in [-0.2, 0) is 4.79 Å². The molecule has 104 valence electrons. The largest absolute Gasteiger partial charge is 0.354 e. The maximum absolute atomic E-state index is 11.2. The molecule has 0 aromatic rings. The minimum atomic E-state index is 0.213. The van der Waals surface area contributed by atoms with Crippen LogP contribution in [-0.4, -0.2) is 24.5 Å². The zero-order valence-corrected chi connectivity index (χ0v) is 11.7. The summed E-state index contributed by atoms with van der Waals surface area (Å²) in [6.45, 7) is 3.10. The molecule has 2 N–H and O–H groups in total. The molecule has 3 atom stereocenters. The molecule has 0 bridgehead atoms. The Labute approximate surface area is 111 Å². The van der Waals surface area contributed by atoms with E-state index >= 15 is 0 Å². The van der Waals surface area contributed by atoms with Crippen LogP contribution in [0.25, 0.3) is 0 Å². The van der Waals surface area contributed by atoms with Crippen molar-refractivity contribution in [1.82, 2.24) is 10.6 Å². The first-order valence-corrected chi connectivity index (χ1v) is 7.82. The maximum atomic E-state index is 11.2. The van der Waals surface area contributed by atoms with Gasteiger partial charge in [-0.05, 0) is 25.2 Å². The summed E-state index contributed by atoms with van der Waals surface area (Å²) >= 11 is 0. The third-order valence-electron chi connectivity index (χ3n) is 4.51. The Balaban J connectivity index is 1.68. The third kappa shape index (κ3) is 3.98. The smallest absolute Gasteiger partial charge is 0.221 e. The molecular formula is C15H28N2O. The van der Waals surface area contributed by atoms with E-state index in [0.717, 1.165) is 12.5 Å². The second-order valence-electron chi connectivity index (χ2n) is 6.02. The van der Waals surface area contributed by atoms with E-state index in [4.69, 9.17) is 0 Å². The van der Waals surface area contributed by atoms with Crippen molar-refractivity contribution in [2.45, 2.75) is 76.8 Å². The van der Waals surface area contributed by atoms with Gasteiger partial charge < -0.3 is 10.6 Å². The lowest BCUT2D eigenvalue weighted by Gasteiger charge is -2.24. The van der Waals surface area contributed by atoms with Gasteiger partial charge in [0.05, 0.1) is 0 Å². The molecule has 2 rings (SSSR count). The van der Waals surface area contributed by atoms with Gasteiger partial charge in [-0.3, -0.25) is 4.79 Å². The van der Waals surface area contributed by atoms with Crippen LogP contribution in [0.4, 0.5) is 0 Å². The maximum Gasteiger partial charge on any atom is 0.221 e. The van der Waals surface area contributed by atoms with Crippen molar-refractivity contribution in [2.24, 2.45) is 5.92 Å². The predicted molar refractivity (Wildman–Crippen MR) is 74.4 cm³/mol. The summed E-state index contributed by atoms with van der Waals surface area (Å²) in [5.41, 5.74) is 0. The highest BCUT2D eigenvalue weighted by atomic mass is 16.1. The summed E-state index contributed by atoms with van der Waals surface area (Å²) < 4.78 is 0. The van der Waals surface area contributed by atoms with Crippen molar-refractivity contribution in [1.29, 1.82) is 0 Å². The van der Waals surface area contributed by atoms with Gasteiger partial charge in [-0.25, -0.2) is 0 Å². The summed E-state index contributed by atoms with van der Waals surface area (Å²) in [6.07, 6.45) is 11.6. The number of carbonyl (C=O) groups is 1. The molecule has 3 heteroatoms. The minimum Gasteiger partial charge on any atom is -0.354 e. The highest BCUT2D eigenvalue weighted by Crippen LogP contribution is 2.30. The predicted octanol–water partition coefficient (Wildman–Crippen LogP) is 2.60. The first-order valence-electron chi connectivity index (χ1n) is 7.82. The van der Waals surface area contributed by atoms with Crippen LogP contribution in [0.2, 0.25) is 0 Å². The fourth-order valence-electron chi connectivity index (χ4n) is 3.46. The van der Waals surface area contributed by atoms with Gasteiger partial charge in [-0.15, -0.1) is 0 Å². The van der Waals surface area contributed by atoms with Gasteiger partial charge in [0.1, 0.15) is 0 Å². The fourth-order valence-corrected chi connectivity index (χ4v) is 3.46. The molecule has 2 fully saturated rings. The number of rotatable bonds is 7. The molecule has 1 saturated carbocycles. The van der Waals surface area contributed by atoms with E-state index in [1.807, 2.05) is 0 Å². The van der Waals surface area contributed by atoms with Crippen molar-refractivity contribution in [2.75, 3.05) is 6.54 Å². The van der Waals surface area contributed by atoms with Crippen molar-refractivity contribution >= 4 is 5.91 Å². The van der Waals surface area contributed by atoms with Crippen LogP contribution in [0, 0.1) is 5.92 Å². The molecule has 0 aromatic heterocycles. The molecule has 0 aromatic carbocycles. The average molecular weight is 252 g/mol. The lowest BCUT2D eigenvalue weighted by Crippen LogP contribution is -2.41. The van der Waals surface area contributed by atoms with Crippen molar-refractivity contribution in [3.05, 3.63) is 0 Å². The number of hydrogen-bond acceptors (Lipinski definition) is 2. The normalized spacial score (nSPS) is 31.8. The molecule has 1 heterocycles. The second kappa shape index (κ2) is 7.13. The molecule has 0 unspecified atom stereocenters. The minimum absolute atomic E-state index is 0.213. The Hall–Kier alpha value is -0.570. The van der Waals surface area contributed by atoms with Gasteiger partial charge in [0, 0.05) is 25.0 Å². The molecule has 2 aliphatic rings. The first-order chi connectivity index (χ1) is 8.79. The number of amides is 1. The standard InChI is InChI=1S/C15H28N2O/c1-2-3-4-5-7-12-8-6-9-14(12)17-13-10-15(18)16-11-13/h12-14,17H,2-11H2,1H3,(H,16,18)/t12-,13+,14+/m1/s1. The number of unbranched alkanes of at least 4 members (excludes halogenated alkanes) is 3. The van der Waals surface area contributed by atoms with Crippen LogP contribution in [0.1, 0.15) is 64.7 Å². The first kappa shape index (κ1) is 13.9. The quantitative estimate of drug-likeness (QED) is 0.684. The Morgan fingerprint density at radius 1 is 1.28 bits per heavy atom. The molecule has 1 amide bonds. The Kier molecular flexibility index (Phi) is 5.48. The molecule has 1 aliphatic carbocycles. The lowest BCUT2D eigenvalue weighted by atomic mass is 9.95. The van der Waals surface area contributed by atoms with Gasteiger partial charge >= 0.3 is 0 Å². The van der Waals surface area contributed by atoms with Gasteiger partial charge in [0.2, 0.25) is 5.91 Å². The van der Waals surface area contributed by atoms with E-state index in [-0.39, 0.29) is 5.91 Å². The molecule has 3 nitrogen and oxygen atoms in total. The number of hydrogen-bond donors (Lipinski definition) is 2. The van der Waals surface area contributed by atoms with Gasteiger partial charge in [0.15, 0.2) is 0 Å². The van der Waals surface area contributed by atoms with E-state index in [9.17, 15) is 4.79 Å². The van der Waals surface area contributed by atoms with Gasteiger partial charge in [-0.2, -0.15) is 0 Å². The van der Waals surface area contributed by atoms with E-state index in [2.05, 4.69) is 17.6 Å².